The highest BCUT2D eigenvalue weighted by Crippen LogP contribution is 2.46. The van der Waals surface area contributed by atoms with Crippen molar-refractivity contribution < 1.29 is 59.5 Å². The zero-order chi connectivity index (χ0) is 28.0. The van der Waals surface area contributed by atoms with Crippen LogP contribution < -0.4 is 4.74 Å². The van der Waals surface area contributed by atoms with E-state index in [0.717, 1.165) is 12.1 Å². The molecule has 0 bridgehead atoms. The molecule has 0 spiro atoms. The fraction of sp³-hybridized carbons (Fsp3) is 0.259. The molecule has 1 heterocycles. The minimum Gasteiger partial charge on any atom is -0.504 e. The molecule has 1 fully saturated rings. The molecule has 0 radical (unpaired) electrons. The van der Waals surface area contributed by atoms with E-state index in [2.05, 4.69) is 0 Å². The van der Waals surface area contributed by atoms with Gasteiger partial charge < -0.3 is 50.0 Å². The van der Waals surface area contributed by atoms with Crippen LogP contribution in [0.15, 0.2) is 48.5 Å². The monoisotopic (exact) mass is 540 g/mol. The van der Waals surface area contributed by atoms with E-state index in [4.69, 9.17) is 14.2 Å². The Morgan fingerprint density at radius 2 is 1.59 bits per heavy atom. The maximum Gasteiger partial charge on any atom is 0.338 e. The molecule has 39 heavy (non-hydrogen) atoms. The predicted octanol–water partition coefficient (Wildman–Crippen LogP) is 0.688. The summed E-state index contributed by atoms with van der Waals surface area (Å²) in [5, 5.41) is 72.0. The van der Waals surface area contributed by atoms with Gasteiger partial charge in [0.05, 0.1) is 17.7 Å². The Labute approximate surface area is 220 Å². The summed E-state index contributed by atoms with van der Waals surface area (Å²) in [6.07, 6.45) is -8.31. The van der Waals surface area contributed by atoms with Gasteiger partial charge in [-0.15, -0.1) is 0 Å². The topological polar surface area (TPSA) is 203 Å². The molecule has 1 aliphatic carbocycles. The van der Waals surface area contributed by atoms with Crippen molar-refractivity contribution >= 4 is 11.8 Å². The van der Waals surface area contributed by atoms with Gasteiger partial charge in [-0.05, 0) is 47.9 Å². The number of ketones is 1. The van der Waals surface area contributed by atoms with Crippen LogP contribution in [-0.4, -0.2) is 84.8 Å². The van der Waals surface area contributed by atoms with E-state index in [1.807, 2.05) is 0 Å². The van der Waals surface area contributed by atoms with E-state index in [9.17, 15) is 45.3 Å². The van der Waals surface area contributed by atoms with Gasteiger partial charge in [-0.25, -0.2) is 4.79 Å². The van der Waals surface area contributed by atoms with Gasteiger partial charge in [0.2, 0.25) is 12.0 Å². The van der Waals surface area contributed by atoms with Gasteiger partial charge >= 0.3 is 5.97 Å². The van der Waals surface area contributed by atoms with Crippen molar-refractivity contribution in [2.45, 2.75) is 37.1 Å². The molecule has 0 amide bonds. The minimum absolute atomic E-state index is 0.00668. The third-order valence-electron chi connectivity index (χ3n) is 6.68. The first-order valence-corrected chi connectivity index (χ1v) is 11.8. The van der Waals surface area contributed by atoms with Crippen LogP contribution in [-0.2, 0) is 15.9 Å². The Morgan fingerprint density at radius 3 is 2.28 bits per heavy atom. The quantitative estimate of drug-likeness (QED) is 0.138. The summed E-state index contributed by atoms with van der Waals surface area (Å²) in [5.74, 6) is -4.71. The molecule has 1 saturated heterocycles. The second kappa shape index (κ2) is 10.1. The Balaban J connectivity index is 1.50. The van der Waals surface area contributed by atoms with Crippen LogP contribution in [0.5, 0.6) is 28.7 Å². The fourth-order valence-electron chi connectivity index (χ4n) is 4.67. The number of aliphatic hydroxyl groups excluding tert-OH is 3. The molecule has 3 aromatic carbocycles. The van der Waals surface area contributed by atoms with Crippen molar-refractivity contribution in [1.82, 2.24) is 0 Å². The van der Waals surface area contributed by atoms with Gasteiger partial charge in [-0.1, -0.05) is 18.2 Å². The number of aromatic hydroxyl groups is 4. The van der Waals surface area contributed by atoms with Crippen LogP contribution in [0, 0.1) is 0 Å². The van der Waals surface area contributed by atoms with Crippen molar-refractivity contribution in [3.8, 4) is 28.7 Å². The van der Waals surface area contributed by atoms with E-state index in [0.29, 0.717) is 5.56 Å². The molecule has 0 unspecified atom stereocenters. The van der Waals surface area contributed by atoms with Crippen molar-refractivity contribution in [3.05, 3.63) is 76.3 Å². The number of aliphatic hydroxyl groups is 3. The van der Waals surface area contributed by atoms with Gasteiger partial charge in [0.15, 0.2) is 34.9 Å². The summed E-state index contributed by atoms with van der Waals surface area (Å²) in [6.45, 7) is -0.759. The molecule has 12 heteroatoms. The number of carbonyl (C=O) groups is 2. The number of rotatable bonds is 5. The maximum atomic E-state index is 13.2. The van der Waals surface area contributed by atoms with Crippen LogP contribution in [0.25, 0.3) is 0 Å². The molecule has 7 N–H and O–H groups in total. The van der Waals surface area contributed by atoms with Crippen molar-refractivity contribution in [2.75, 3.05) is 6.61 Å². The number of phenolic OH excluding ortho intramolecular Hbond substituents is 4. The lowest BCUT2D eigenvalue weighted by Crippen LogP contribution is -2.61. The number of benzene rings is 3. The molecule has 5 rings (SSSR count). The molecule has 1 aliphatic heterocycles. The molecule has 0 saturated carbocycles. The van der Waals surface area contributed by atoms with Crippen molar-refractivity contribution in [2.24, 2.45) is 0 Å². The number of phenols is 4. The third-order valence-corrected chi connectivity index (χ3v) is 6.68. The van der Waals surface area contributed by atoms with Gasteiger partial charge in [-0.3, -0.25) is 4.79 Å². The zero-order valence-corrected chi connectivity index (χ0v) is 20.1. The first-order chi connectivity index (χ1) is 18.6. The highest BCUT2D eigenvalue weighted by molar-refractivity contribution is 6.15. The number of esters is 1. The van der Waals surface area contributed by atoms with Gasteiger partial charge in [0.1, 0.15) is 18.3 Å². The van der Waals surface area contributed by atoms with Crippen LogP contribution >= 0.6 is 0 Å². The average molecular weight is 540 g/mol. The van der Waals surface area contributed by atoms with Gasteiger partial charge in [-0.2, -0.15) is 0 Å². The zero-order valence-electron chi connectivity index (χ0n) is 20.1. The molecule has 5 atom stereocenters. The first kappa shape index (κ1) is 26.3. The largest absolute Gasteiger partial charge is 0.504 e. The SMILES string of the molecule is O=C(O[C@H]1[C@H](Oc2c(O)cc3c(c2O)C(=O)c2cc(O)c(O)cc2C3)O[C@H](CO)[C@@H](O)[C@@H]1O)c1ccccc1. The Bertz CT molecular complexity index is 1440. The molecule has 204 valence electrons. The van der Waals surface area contributed by atoms with Gasteiger partial charge in [0.25, 0.3) is 0 Å². The van der Waals surface area contributed by atoms with Crippen LogP contribution in [0.3, 0.4) is 0 Å². The number of hydrogen-bond donors (Lipinski definition) is 7. The molecule has 2 aliphatic rings. The highest BCUT2D eigenvalue weighted by atomic mass is 16.7. The molecule has 0 aromatic heterocycles. The summed E-state index contributed by atoms with van der Waals surface area (Å²) < 4.78 is 16.5. The lowest BCUT2D eigenvalue weighted by Gasteiger charge is -2.41. The lowest BCUT2D eigenvalue weighted by atomic mass is 9.84. The summed E-state index contributed by atoms with van der Waals surface area (Å²) >= 11 is 0. The molecule has 3 aromatic rings. The van der Waals surface area contributed by atoms with Crippen LogP contribution in [0.4, 0.5) is 0 Å². The van der Waals surface area contributed by atoms with E-state index in [-0.39, 0.29) is 28.7 Å². The fourth-order valence-corrected chi connectivity index (χ4v) is 4.67. The van der Waals surface area contributed by atoms with E-state index in [1.165, 1.54) is 18.2 Å². The van der Waals surface area contributed by atoms with E-state index < -0.39 is 77.8 Å². The number of hydrogen-bond acceptors (Lipinski definition) is 12. The van der Waals surface area contributed by atoms with Gasteiger partial charge in [0, 0.05) is 5.56 Å². The Kier molecular flexibility index (Phi) is 6.78. The average Bonchev–Trinajstić information content (AvgIpc) is 2.91. The summed E-state index contributed by atoms with van der Waals surface area (Å²) in [4.78, 5) is 25.9. The predicted molar refractivity (Wildman–Crippen MR) is 130 cm³/mol. The van der Waals surface area contributed by atoms with Crippen LogP contribution in [0.2, 0.25) is 0 Å². The second-order valence-corrected chi connectivity index (χ2v) is 9.17. The first-order valence-electron chi connectivity index (χ1n) is 11.8. The van der Waals surface area contributed by atoms with E-state index >= 15 is 0 Å². The summed E-state index contributed by atoms with van der Waals surface area (Å²) in [6, 6.07) is 11.1. The molecular formula is C27H24O12. The van der Waals surface area contributed by atoms with Crippen molar-refractivity contribution in [3.63, 3.8) is 0 Å². The molecular weight excluding hydrogens is 516 g/mol. The number of carbonyl (C=O) groups excluding carboxylic acids is 2. The van der Waals surface area contributed by atoms with Crippen molar-refractivity contribution in [1.29, 1.82) is 0 Å². The lowest BCUT2D eigenvalue weighted by molar-refractivity contribution is -0.277. The summed E-state index contributed by atoms with van der Waals surface area (Å²) in [5.41, 5.74) is 0.405. The normalized spacial score (nSPS) is 24.0. The second-order valence-electron chi connectivity index (χ2n) is 9.17. The van der Waals surface area contributed by atoms with E-state index in [1.54, 1.807) is 18.2 Å². The standard InChI is InChI=1S/C27H24O12/c28-10-18-21(33)23(35)25(38-26(36)11-4-2-1-3-5-11)27(37-18)39-24-17(31)8-13-6-12-7-15(29)16(30)9-14(12)20(32)19(13)22(24)34/h1-5,7-9,18,21,23,25,27-31,33-35H,6,10H2/t18-,21-,23+,25-,27+/m1/s1. The van der Waals surface area contributed by atoms with Crippen LogP contribution in [0.1, 0.15) is 37.4 Å². The Hall–Kier alpha value is -4.36. The molecule has 12 nitrogen and oxygen atoms in total. The number of fused-ring (bicyclic) bond motifs is 2. The minimum atomic E-state index is -1.81. The highest BCUT2D eigenvalue weighted by Gasteiger charge is 2.48. The Morgan fingerprint density at radius 1 is 0.923 bits per heavy atom. The summed E-state index contributed by atoms with van der Waals surface area (Å²) in [7, 11) is 0. The number of ether oxygens (including phenoxy) is 3. The maximum absolute atomic E-state index is 13.2. The smallest absolute Gasteiger partial charge is 0.338 e. The third kappa shape index (κ3) is 4.59.